The van der Waals surface area contributed by atoms with Crippen molar-refractivity contribution in [1.29, 1.82) is 0 Å². The summed E-state index contributed by atoms with van der Waals surface area (Å²) in [7, 11) is -3.65. The zero-order valence-corrected chi connectivity index (χ0v) is 16.4. The predicted molar refractivity (Wildman–Crippen MR) is 106 cm³/mol. The third-order valence-corrected chi connectivity index (χ3v) is 6.33. The molecule has 0 spiro atoms. The van der Waals surface area contributed by atoms with E-state index in [2.05, 4.69) is 32.5 Å². The number of benzene rings is 2. The number of amides is 1. The van der Waals surface area contributed by atoms with Crippen molar-refractivity contribution >= 4 is 37.5 Å². The van der Waals surface area contributed by atoms with Gasteiger partial charge in [-0.05, 0) is 54.8 Å². The standard InChI is InChI=1S/C19H19BrN2O3S/c1-2-13-21-18(23)19(11-12-19)14-3-7-16(8-4-14)22-26(24,25)17-9-5-15(20)6-10-17/h2-10,22H,1,11-13H2,(H,21,23). The second-order valence-electron chi connectivity index (χ2n) is 6.22. The summed E-state index contributed by atoms with van der Waals surface area (Å²) in [6, 6.07) is 13.4. The third-order valence-electron chi connectivity index (χ3n) is 4.41. The minimum Gasteiger partial charge on any atom is -0.352 e. The number of carbonyl (C=O) groups excluding carboxylic acids is 1. The van der Waals surface area contributed by atoms with Crippen molar-refractivity contribution in [3.05, 3.63) is 71.2 Å². The molecule has 0 unspecified atom stereocenters. The summed E-state index contributed by atoms with van der Waals surface area (Å²) in [5, 5.41) is 2.84. The first-order valence-electron chi connectivity index (χ1n) is 8.15. The summed E-state index contributed by atoms with van der Waals surface area (Å²) in [5.74, 6) is -0.0133. The molecule has 2 aromatic rings. The fourth-order valence-electron chi connectivity index (χ4n) is 2.79. The van der Waals surface area contributed by atoms with Gasteiger partial charge in [0.15, 0.2) is 0 Å². The quantitative estimate of drug-likeness (QED) is 0.653. The minimum atomic E-state index is -3.65. The van der Waals surface area contributed by atoms with Crippen LogP contribution in [-0.2, 0) is 20.2 Å². The van der Waals surface area contributed by atoms with E-state index >= 15 is 0 Å². The lowest BCUT2D eigenvalue weighted by molar-refractivity contribution is -0.123. The lowest BCUT2D eigenvalue weighted by atomic mass is 9.95. The van der Waals surface area contributed by atoms with E-state index in [1.807, 2.05) is 0 Å². The van der Waals surface area contributed by atoms with Crippen LogP contribution in [0.4, 0.5) is 5.69 Å². The molecule has 1 aliphatic carbocycles. The van der Waals surface area contributed by atoms with Gasteiger partial charge in [0.05, 0.1) is 10.3 Å². The zero-order valence-electron chi connectivity index (χ0n) is 14.0. The molecule has 1 fully saturated rings. The summed E-state index contributed by atoms with van der Waals surface area (Å²) in [5.41, 5.74) is 0.858. The van der Waals surface area contributed by atoms with E-state index in [0.717, 1.165) is 22.9 Å². The summed E-state index contributed by atoms with van der Waals surface area (Å²) >= 11 is 3.29. The van der Waals surface area contributed by atoms with E-state index in [1.165, 1.54) is 12.1 Å². The van der Waals surface area contributed by atoms with E-state index in [4.69, 9.17) is 0 Å². The first kappa shape index (κ1) is 18.7. The molecule has 5 nitrogen and oxygen atoms in total. The molecular formula is C19H19BrN2O3S. The van der Waals surface area contributed by atoms with Gasteiger partial charge in [-0.1, -0.05) is 34.1 Å². The molecule has 2 aromatic carbocycles. The van der Waals surface area contributed by atoms with Gasteiger partial charge in [-0.15, -0.1) is 6.58 Å². The monoisotopic (exact) mass is 434 g/mol. The Kier molecular flexibility index (Phi) is 5.20. The molecule has 1 aliphatic rings. The molecule has 0 aliphatic heterocycles. The average molecular weight is 435 g/mol. The maximum atomic E-state index is 12.4. The van der Waals surface area contributed by atoms with Gasteiger partial charge < -0.3 is 5.32 Å². The Hall–Kier alpha value is -2.12. The van der Waals surface area contributed by atoms with E-state index in [0.29, 0.717) is 12.2 Å². The van der Waals surface area contributed by atoms with Crippen LogP contribution in [0.1, 0.15) is 18.4 Å². The van der Waals surface area contributed by atoms with E-state index in [1.54, 1.807) is 42.5 Å². The average Bonchev–Trinajstić information content (AvgIpc) is 3.42. The number of sulfonamides is 1. The highest BCUT2D eigenvalue weighted by Crippen LogP contribution is 2.48. The third kappa shape index (κ3) is 3.83. The summed E-state index contributed by atoms with van der Waals surface area (Å²) < 4.78 is 28.2. The molecule has 0 saturated heterocycles. The molecule has 3 rings (SSSR count). The number of rotatable bonds is 7. The van der Waals surface area contributed by atoms with E-state index in [-0.39, 0.29) is 10.8 Å². The fraction of sp³-hybridized carbons (Fsp3) is 0.211. The van der Waals surface area contributed by atoms with Gasteiger partial charge in [0.1, 0.15) is 0 Å². The minimum absolute atomic E-state index is 0.0133. The maximum Gasteiger partial charge on any atom is 0.261 e. The second kappa shape index (κ2) is 7.25. The predicted octanol–water partition coefficient (Wildman–Crippen LogP) is 3.58. The van der Waals surface area contributed by atoms with Gasteiger partial charge >= 0.3 is 0 Å². The van der Waals surface area contributed by atoms with Gasteiger partial charge in [0, 0.05) is 16.7 Å². The zero-order chi connectivity index (χ0) is 18.8. The summed E-state index contributed by atoms with van der Waals surface area (Å²) in [6.07, 6.45) is 3.23. The van der Waals surface area contributed by atoms with Crippen LogP contribution in [0.2, 0.25) is 0 Å². The lowest BCUT2D eigenvalue weighted by Crippen LogP contribution is -2.34. The highest BCUT2D eigenvalue weighted by atomic mass is 79.9. The Morgan fingerprint density at radius 2 is 1.73 bits per heavy atom. The largest absolute Gasteiger partial charge is 0.352 e. The number of carbonyl (C=O) groups is 1. The highest BCUT2D eigenvalue weighted by molar-refractivity contribution is 9.10. The van der Waals surface area contributed by atoms with Gasteiger partial charge in [-0.3, -0.25) is 9.52 Å². The van der Waals surface area contributed by atoms with Gasteiger partial charge in [0.2, 0.25) is 5.91 Å². The topological polar surface area (TPSA) is 75.3 Å². The van der Waals surface area contributed by atoms with Crippen molar-refractivity contribution in [2.45, 2.75) is 23.2 Å². The number of anilines is 1. The van der Waals surface area contributed by atoms with Crippen LogP contribution in [0.3, 0.4) is 0 Å². The van der Waals surface area contributed by atoms with Crippen molar-refractivity contribution < 1.29 is 13.2 Å². The second-order valence-corrected chi connectivity index (χ2v) is 8.82. The fourth-order valence-corrected chi connectivity index (χ4v) is 4.11. The number of hydrogen-bond donors (Lipinski definition) is 2. The molecule has 26 heavy (non-hydrogen) atoms. The highest BCUT2D eigenvalue weighted by Gasteiger charge is 2.50. The van der Waals surface area contributed by atoms with Gasteiger partial charge in [0.25, 0.3) is 10.0 Å². The van der Waals surface area contributed by atoms with Crippen molar-refractivity contribution in [2.75, 3.05) is 11.3 Å². The van der Waals surface area contributed by atoms with Crippen LogP contribution < -0.4 is 10.0 Å². The SMILES string of the molecule is C=CCNC(=O)C1(c2ccc(NS(=O)(=O)c3ccc(Br)cc3)cc2)CC1. The molecular weight excluding hydrogens is 416 g/mol. The van der Waals surface area contributed by atoms with Crippen LogP contribution in [0.15, 0.2) is 70.6 Å². The van der Waals surface area contributed by atoms with Crippen molar-refractivity contribution in [3.8, 4) is 0 Å². The Morgan fingerprint density at radius 1 is 1.12 bits per heavy atom. The molecule has 136 valence electrons. The normalized spacial score (nSPS) is 15.1. The van der Waals surface area contributed by atoms with Crippen molar-refractivity contribution in [1.82, 2.24) is 5.32 Å². The van der Waals surface area contributed by atoms with Crippen LogP contribution in [0.5, 0.6) is 0 Å². The van der Waals surface area contributed by atoms with E-state index < -0.39 is 15.4 Å². The van der Waals surface area contributed by atoms with Gasteiger partial charge in [-0.2, -0.15) is 0 Å². The number of hydrogen-bond acceptors (Lipinski definition) is 3. The smallest absolute Gasteiger partial charge is 0.261 e. The molecule has 0 aromatic heterocycles. The Balaban J connectivity index is 1.75. The molecule has 0 bridgehead atoms. The maximum absolute atomic E-state index is 12.4. The first-order valence-corrected chi connectivity index (χ1v) is 10.4. The molecule has 0 heterocycles. The van der Waals surface area contributed by atoms with Crippen LogP contribution in [0, 0.1) is 0 Å². The summed E-state index contributed by atoms with van der Waals surface area (Å²) in [6.45, 7) is 4.04. The molecule has 0 radical (unpaired) electrons. The van der Waals surface area contributed by atoms with Gasteiger partial charge in [-0.25, -0.2) is 8.42 Å². The van der Waals surface area contributed by atoms with Crippen LogP contribution in [-0.4, -0.2) is 20.9 Å². The lowest BCUT2D eigenvalue weighted by Gasteiger charge is -2.16. The Bertz CT molecular complexity index is 918. The molecule has 0 atom stereocenters. The molecule has 1 saturated carbocycles. The summed E-state index contributed by atoms with van der Waals surface area (Å²) in [4.78, 5) is 12.5. The Morgan fingerprint density at radius 3 is 2.27 bits per heavy atom. The van der Waals surface area contributed by atoms with Crippen molar-refractivity contribution in [3.63, 3.8) is 0 Å². The number of nitrogens with one attached hydrogen (secondary N) is 2. The molecule has 1 amide bonds. The Labute approximate surface area is 161 Å². The first-order chi connectivity index (χ1) is 12.4. The molecule has 7 heteroatoms. The van der Waals surface area contributed by atoms with E-state index in [9.17, 15) is 13.2 Å². The van der Waals surface area contributed by atoms with Crippen LogP contribution >= 0.6 is 15.9 Å². The van der Waals surface area contributed by atoms with Crippen molar-refractivity contribution in [2.24, 2.45) is 0 Å². The van der Waals surface area contributed by atoms with Crippen LogP contribution in [0.25, 0.3) is 0 Å². The molecule has 2 N–H and O–H groups in total. The number of halogens is 1.